The van der Waals surface area contributed by atoms with E-state index in [0.717, 1.165) is 55.1 Å². The molecule has 0 saturated carbocycles. The molecule has 5 N–H and O–H groups in total. The van der Waals surface area contributed by atoms with Gasteiger partial charge in [-0.05, 0) is 28.7 Å². The number of nitrogens with one attached hydrogen (secondary N) is 3. The molecule has 0 aliphatic carbocycles. The van der Waals surface area contributed by atoms with E-state index in [0.29, 0.717) is 26.1 Å². The Morgan fingerprint density at radius 1 is 0.875 bits per heavy atom. The predicted octanol–water partition coefficient (Wildman–Crippen LogP) is 2.78. The second-order valence-corrected chi connectivity index (χ2v) is 9.73. The first-order chi connectivity index (χ1) is 19.6. The monoisotopic (exact) mass is 542 g/mol. The summed E-state index contributed by atoms with van der Waals surface area (Å²) < 4.78 is 5.33. The van der Waals surface area contributed by atoms with E-state index in [1.807, 2.05) is 84.9 Å². The van der Waals surface area contributed by atoms with Crippen LogP contribution in [-0.2, 0) is 29.0 Å². The van der Waals surface area contributed by atoms with E-state index in [9.17, 15) is 9.59 Å². The zero-order valence-corrected chi connectivity index (χ0v) is 22.7. The van der Waals surface area contributed by atoms with Crippen LogP contribution in [0.4, 0.5) is 4.79 Å². The molecule has 3 aromatic carbocycles. The second kappa shape index (κ2) is 15.4. The van der Waals surface area contributed by atoms with E-state index in [-0.39, 0.29) is 23.8 Å². The minimum Gasteiger partial charge on any atom is -0.379 e. The van der Waals surface area contributed by atoms with Crippen molar-refractivity contribution >= 4 is 17.9 Å². The zero-order valence-electron chi connectivity index (χ0n) is 22.7. The number of hydrogen-bond donors (Lipinski definition) is 4. The fourth-order valence-electron chi connectivity index (χ4n) is 4.58. The molecule has 9 heteroatoms. The predicted molar refractivity (Wildman–Crippen MR) is 157 cm³/mol. The average molecular weight is 543 g/mol. The number of urea groups is 1. The highest BCUT2D eigenvalue weighted by molar-refractivity contribution is 5.95. The van der Waals surface area contributed by atoms with Crippen molar-refractivity contribution in [2.24, 2.45) is 10.7 Å². The van der Waals surface area contributed by atoms with Crippen molar-refractivity contribution in [2.75, 3.05) is 39.4 Å². The summed E-state index contributed by atoms with van der Waals surface area (Å²) in [5, 5.41) is 8.47. The summed E-state index contributed by atoms with van der Waals surface area (Å²) in [6.07, 6.45) is 0.624. The van der Waals surface area contributed by atoms with Crippen LogP contribution in [0.2, 0.25) is 0 Å². The van der Waals surface area contributed by atoms with E-state index in [1.165, 1.54) is 0 Å². The van der Waals surface area contributed by atoms with Crippen LogP contribution in [0.5, 0.6) is 0 Å². The largest absolute Gasteiger partial charge is 0.379 e. The van der Waals surface area contributed by atoms with Crippen LogP contribution in [0, 0.1) is 0 Å². The van der Waals surface area contributed by atoms with Crippen molar-refractivity contribution in [3.05, 3.63) is 107 Å². The van der Waals surface area contributed by atoms with Crippen molar-refractivity contribution in [1.82, 2.24) is 20.9 Å². The van der Waals surface area contributed by atoms with Crippen molar-refractivity contribution in [2.45, 2.75) is 25.4 Å². The molecule has 0 bridgehead atoms. The number of amides is 3. The van der Waals surface area contributed by atoms with Crippen LogP contribution in [0.3, 0.4) is 0 Å². The van der Waals surface area contributed by atoms with E-state index < -0.39 is 0 Å². The number of rotatable bonds is 11. The molecule has 1 heterocycles. The molecule has 40 heavy (non-hydrogen) atoms. The second-order valence-electron chi connectivity index (χ2n) is 9.73. The number of nitrogens with two attached hydrogens (primary N) is 1. The van der Waals surface area contributed by atoms with Crippen LogP contribution in [-0.4, -0.2) is 62.2 Å². The van der Waals surface area contributed by atoms with Crippen LogP contribution in [0.15, 0.2) is 89.9 Å². The maximum Gasteiger partial charge on any atom is 0.321 e. The highest BCUT2D eigenvalue weighted by Crippen LogP contribution is 2.21. The standard InChI is InChI=1S/C31H38N6O3/c32-30(36-31(39)33-14-15-37-16-18-40-19-17-37)35-23-26-11-7-10-25(20-26)22-34-29(38)28(27-12-5-2-6-13-27)21-24-8-3-1-4-9-24/h1-13,20,28H,14-19,21-23H2,(H,34,38)(H4,32,33,35,36,39). The van der Waals surface area contributed by atoms with Gasteiger partial charge in [-0.25, -0.2) is 9.79 Å². The number of nitrogens with zero attached hydrogens (tertiary/aromatic N) is 2. The maximum absolute atomic E-state index is 13.3. The molecular formula is C31H38N6O3. The molecule has 4 rings (SSSR count). The third-order valence-electron chi connectivity index (χ3n) is 6.75. The summed E-state index contributed by atoms with van der Waals surface area (Å²) in [6.45, 7) is 5.17. The van der Waals surface area contributed by atoms with Gasteiger partial charge in [0, 0.05) is 32.7 Å². The van der Waals surface area contributed by atoms with Gasteiger partial charge in [0.05, 0.1) is 25.7 Å². The number of carbonyl (C=O) groups excluding carboxylic acids is 2. The lowest BCUT2D eigenvalue weighted by Gasteiger charge is -2.26. The SMILES string of the molecule is NC(=NCc1cccc(CNC(=O)C(Cc2ccccc2)c2ccccc2)c1)NC(=O)NCCN1CCOCC1. The molecule has 9 nitrogen and oxygen atoms in total. The van der Waals surface area contributed by atoms with Gasteiger partial charge in [0.1, 0.15) is 0 Å². The maximum atomic E-state index is 13.3. The number of hydrogen-bond acceptors (Lipinski definition) is 5. The molecule has 1 aliphatic heterocycles. The summed E-state index contributed by atoms with van der Waals surface area (Å²) in [4.78, 5) is 31.9. The summed E-state index contributed by atoms with van der Waals surface area (Å²) in [6, 6.07) is 27.3. The van der Waals surface area contributed by atoms with Gasteiger partial charge in [0.15, 0.2) is 5.96 Å². The Labute approximate surface area is 235 Å². The normalized spacial score (nSPS) is 14.8. The average Bonchev–Trinajstić information content (AvgIpc) is 2.99. The van der Waals surface area contributed by atoms with Gasteiger partial charge >= 0.3 is 6.03 Å². The van der Waals surface area contributed by atoms with Crippen molar-refractivity contribution in [1.29, 1.82) is 0 Å². The summed E-state index contributed by atoms with van der Waals surface area (Å²) in [7, 11) is 0. The smallest absolute Gasteiger partial charge is 0.321 e. The summed E-state index contributed by atoms with van der Waals surface area (Å²) in [5.74, 6) is -0.261. The Kier molecular flexibility index (Phi) is 11.1. The molecule has 1 unspecified atom stereocenters. The minimum atomic E-state index is -0.380. The molecule has 210 valence electrons. The highest BCUT2D eigenvalue weighted by atomic mass is 16.5. The first kappa shape index (κ1) is 28.8. The molecule has 1 saturated heterocycles. The number of benzene rings is 3. The zero-order chi connectivity index (χ0) is 28.0. The third-order valence-corrected chi connectivity index (χ3v) is 6.75. The molecule has 3 aromatic rings. The molecule has 1 fully saturated rings. The van der Waals surface area contributed by atoms with E-state index in [1.54, 1.807) is 0 Å². The molecule has 1 atom stereocenters. The quantitative estimate of drug-likeness (QED) is 0.219. The molecule has 0 aromatic heterocycles. The highest BCUT2D eigenvalue weighted by Gasteiger charge is 2.21. The van der Waals surface area contributed by atoms with Gasteiger partial charge in [-0.3, -0.25) is 15.0 Å². The van der Waals surface area contributed by atoms with Gasteiger partial charge in [-0.1, -0.05) is 84.9 Å². The number of morpholine rings is 1. The van der Waals surface area contributed by atoms with Crippen molar-refractivity contribution in [3.8, 4) is 0 Å². The molecule has 3 amide bonds. The van der Waals surface area contributed by atoms with Gasteiger partial charge in [-0.15, -0.1) is 0 Å². The number of carbonyl (C=O) groups is 2. The molecular weight excluding hydrogens is 504 g/mol. The lowest BCUT2D eigenvalue weighted by atomic mass is 9.91. The first-order valence-corrected chi connectivity index (χ1v) is 13.7. The Bertz CT molecular complexity index is 1250. The van der Waals surface area contributed by atoms with Crippen LogP contribution < -0.4 is 21.7 Å². The van der Waals surface area contributed by atoms with Gasteiger partial charge in [0.25, 0.3) is 0 Å². The Hall–Kier alpha value is -4.21. The third kappa shape index (κ3) is 9.52. The fourth-order valence-corrected chi connectivity index (χ4v) is 4.58. The Morgan fingerprint density at radius 2 is 1.55 bits per heavy atom. The number of guanidine groups is 1. The van der Waals surface area contributed by atoms with Crippen LogP contribution in [0.1, 0.15) is 28.2 Å². The van der Waals surface area contributed by atoms with E-state index >= 15 is 0 Å². The van der Waals surface area contributed by atoms with Gasteiger partial charge in [0.2, 0.25) is 5.91 Å². The summed E-state index contributed by atoms with van der Waals surface area (Å²) in [5.41, 5.74) is 9.90. The lowest BCUT2D eigenvalue weighted by molar-refractivity contribution is -0.122. The molecule has 0 spiro atoms. The Balaban J connectivity index is 1.26. The van der Waals surface area contributed by atoms with Gasteiger partial charge < -0.3 is 21.1 Å². The fraction of sp³-hybridized carbons (Fsp3) is 0.323. The van der Waals surface area contributed by atoms with Crippen LogP contribution >= 0.6 is 0 Å². The number of aliphatic imine (C=N–C) groups is 1. The van der Waals surface area contributed by atoms with Gasteiger partial charge in [-0.2, -0.15) is 0 Å². The van der Waals surface area contributed by atoms with E-state index in [2.05, 4.69) is 25.8 Å². The first-order valence-electron chi connectivity index (χ1n) is 13.7. The number of ether oxygens (including phenoxy) is 1. The summed E-state index contributed by atoms with van der Waals surface area (Å²) >= 11 is 0. The topological polar surface area (TPSA) is 121 Å². The molecule has 1 aliphatic rings. The van der Waals surface area contributed by atoms with E-state index in [4.69, 9.17) is 10.5 Å². The lowest BCUT2D eigenvalue weighted by Crippen LogP contribution is -2.46. The minimum absolute atomic E-state index is 0.0217. The Morgan fingerprint density at radius 3 is 2.30 bits per heavy atom. The van der Waals surface area contributed by atoms with Crippen molar-refractivity contribution < 1.29 is 14.3 Å². The van der Waals surface area contributed by atoms with Crippen LogP contribution in [0.25, 0.3) is 0 Å². The van der Waals surface area contributed by atoms with Crippen molar-refractivity contribution in [3.63, 3.8) is 0 Å². The molecule has 0 radical (unpaired) electrons.